The molecule has 1 atom stereocenters. The molecule has 0 aliphatic carbocycles. The third-order valence-electron chi connectivity index (χ3n) is 2.43. The van der Waals surface area contributed by atoms with E-state index in [1.807, 2.05) is 0 Å². The van der Waals surface area contributed by atoms with E-state index in [0.29, 0.717) is 16.9 Å². The Balaban J connectivity index is 2.52. The average molecular weight is 216 g/mol. The molecule has 2 N–H and O–H groups in total. The third-order valence-corrected chi connectivity index (χ3v) is 2.72. The van der Waals surface area contributed by atoms with Crippen molar-refractivity contribution in [2.45, 2.75) is 45.6 Å². The van der Waals surface area contributed by atoms with E-state index in [1.165, 1.54) is 19.3 Å². The Kier molecular flexibility index (Phi) is 4.26. The number of halogens is 1. The third kappa shape index (κ3) is 2.64. The molecule has 0 aliphatic rings. The highest BCUT2D eigenvalue weighted by atomic mass is 35.5. The lowest BCUT2D eigenvalue weighted by molar-refractivity contribution is 0.444. The first-order chi connectivity index (χ1) is 6.66. The molecule has 0 amide bonds. The fraction of sp³-hybridized carbons (Fsp3) is 0.700. The molecule has 0 saturated heterocycles. The second-order valence-electron chi connectivity index (χ2n) is 3.67. The summed E-state index contributed by atoms with van der Waals surface area (Å²) in [6.07, 6.45) is 6.43. The quantitative estimate of drug-likeness (QED) is 0.767. The van der Waals surface area contributed by atoms with Gasteiger partial charge in [-0.2, -0.15) is 5.10 Å². The Morgan fingerprint density at radius 2 is 2.29 bits per heavy atom. The van der Waals surface area contributed by atoms with Gasteiger partial charge in [0.15, 0.2) is 0 Å². The van der Waals surface area contributed by atoms with Crippen LogP contribution in [0.3, 0.4) is 0 Å². The average Bonchev–Trinajstić information content (AvgIpc) is 2.48. The lowest BCUT2D eigenvalue weighted by Gasteiger charge is -2.13. The maximum Gasteiger partial charge on any atom is 0.140 e. The minimum absolute atomic E-state index is 0.342. The highest BCUT2D eigenvalue weighted by Gasteiger charge is 2.10. The zero-order chi connectivity index (χ0) is 10.6. The van der Waals surface area contributed by atoms with Gasteiger partial charge in [0, 0.05) is 0 Å². The number of rotatable bonds is 5. The van der Waals surface area contributed by atoms with Crippen molar-refractivity contribution in [3.05, 3.63) is 11.2 Å². The molecule has 0 aromatic carbocycles. The van der Waals surface area contributed by atoms with Crippen LogP contribution in [0.15, 0.2) is 6.20 Å². The van der Waals surface area contributed by atoms with E-state index in [4.69, 9.17) is 17.3 Å². The summed E-state index contributed by atoms with van der Waals surface area (Å²) in [5.41, 5.74) is 5.78. The van der Waals surface area contributed by atoms with Crippen molar-refractivity contribution in [2.24, 2.45) is 0 Å². The summed E-state index contributed by atoms with van der Waals surface area (Å²) in [6, 6.07) is 0.342. The molecule has 80 valence electrons. The van der Waals surface area contributed by atoms with Crippen LogP contribution in [0.25, 0.3) is 0 Å². The van der Waals surface area contributed by atoms with Gasteiger partial charge in [-0.05, 0) is 13.3 Å². The van der Waals surface area contributed by atoms with Crippen molar-refractivity contribution in [3.8, 4) is 0 Å². The topological polar surface area (TPSA) is 43.8 Å². The van der Waals surface area contributed by atoms with Crippen LogP contribution in [0.1, 0.15) is 45.6 Å². The summed E-state index contributed by atoms with van der Waals surface area (Å²) in [7, 11) is 0. The van der Waals surface area contributed by atoms with Crippen LogP contribution in [-0.4, -0.2) is 9.78 Å². The van der Waals surface area contributed by atoms with E-state index in [2.05, 4.69) is 18.9 Å². The lowest BCUT2D eigenvalue weighted by Crippen LogP contribution is -2.10. The maximum atomic E-state index is 5.83. The van der Waals surface area contributed by atoms with Gasteiger partial charge in [0.1, 0.15) is 10.8 Å². The molecule has 0 spiro atoms. The van der Waals surface area contributed by atoms with Crippen LogP contribution in [0.2, 0.25) is 5.02 Å². The molecule has 14 heavy (non-hydrogen) atoms. The molecule has 1 aromatic heterocycles. The zero-order valence-electron chi connectivity index (χ0n) is 8.83. The molecular formula is C10H18ClN3. The summed E-state index contributed by atoms with van der Waals surface area (Å²) in [5.74, 6) is 0.579. The summed E-state index contributed by atoms with van der Waals surface area (Å²) in [6.45, 7) is 4.32. The van der Waals surface area contributed by atoms with Gasteiger partial charge in [-0.1, -0.05) is 37.8 Å². The number of aromatic nitrogens is 2. The number of nitrogens with zero attached hydrogens (tertiary/aromatic N) is 2. The largest absolute Gasteiger partial charge is 0.383 e. The Morgan fingerprint density at radius 3 is 2.79 bits per heavy atom. The van der Waals surface area contributed by atoms with Crippen LogP contribution < -0.4 is 5.73 Å². The molecule has 1 aromatic rings. The fourth-order valence-corrected chi connectivity index (χ4v) is 1.64. The second kappa shape index (κ2) is 5.25. The van der Waals surface area contributed by atoms with E-state index in [-0.39, 0.29) is 0 Å². The van der Waals surface area contributed by atoms with Gasteiger partial charge in [-0.3, -0.25) is 0 Å². The smallest absolute Gasteiger partial charge is 0.140 e. The zero-order valence-corrected chi connectivity index (χ0v) is 9.59. The van der Waals surface area contributed by atoms with Gasteiger partial charge in [0.25, 0.3) is 0 Å². The van der Waals surface area contributed by atoms with Crippen LogP contribution in [-0.2, 0) is 0 Å². The second-order valence-corrected chi connectivity index (χ2v) is 4.07. The first-order valence-corrected chi connectivity index (χ1v) is 5.53. The van der Waals surface area contributed by atoms with Crippen LogP contribution in [0, 0.1) is 0 Å². The van der Waals surface area contributed by atoms with Gasteiger partial charge < -0.3 is 5.73 Å². The highest BCUT2D eigenvalue weighted by molar-refractivity contribution is 6.32. The Hall–Kier alpha value is -0.700. The van der Waals surface area contributed by atoms with Gasteiger partial charge in [-0.25, -0.2) is 4.68 Å². The van der Waals surface area contributed by atoms with Crippen LogP contribution >= 0.6 is 11.6 Å². The van der Waals surface area contributed by atoms with E-state index in [0.717, 1.165) is 6.42 Å². The number of nitrogen functional groups attached to an aromatic ring is 1. The molecule has 1 unspecified atom stereocenters. The summed E-state index contributed by atoms with van der Waals surface area (Å²) in [5, 5.41) is 4.70. The number of unbranched alkanes of at least 4 members (excludes halogenated alkanes) is 2. The number of hydrogen-bond donors (Lipinski definition) is 1. The molecule has 0 fully saturated rings. The van der Waals surface area contributed by atoms with Gasteiger partial charge in [0.05, 0.1) is 12.2 Å². The molecule has 0 saturated carbocycles. The number of nitrogens with two attached hydrogens (primary N) is 1. The van der Waals surface area contributed by atoms with Gasteiger partial charge >= 0.3 is 0 Å². The molecule has 4 heteroatoms. The summed E-state index contributed by atoms with van der Waals surface area (Å²) < 4.78 is 1.80. The van der Waals surface area contributed by atoms with E-state index in [1.54, 1.807) is 10.9 Å². The normalized spacial score (nSPS) is 13.1. The van der Waals surface area contributed by atoms with Crippen LogP contribution in [0.5, 0.6) is 0 Å². The highest BCUT2D eigenvalue weighted by Crippen LogP contribution is 2.23. The minimum atomic E-state index is 0.342. The predicted molar refractivity (Wildman–Crippen MR) is 60.5 cm³/mol. The molecule has 1 rings (SSSR count). The van der Waals surface area contributed by atoms with Crippen LogP contribution in [0.4, 0.5) is 5.82 Å². The van der Waals surface area contributed by atoms with Crippen molar-refractivity contribution < 1.29 is 0 Å². The van der Waals surface area contributed by atoms with E-state index >= 15 is 0 Å². The first kappa shape index (κ1) is 11.4. The fourth-order valence-electron chi connectivity index (χ4n) is 1.51. The monoisotopic (exact) mass is 215 g/mol. The Morgan fingerprint density at radius 1 is 1.57 bits per heavy atom. The molecule has 0 bridgehead atoms. The maximum absolute atomic E-state index is 5.83. The van der Waals surface area contributed by atoms with E-state index in [9.17, 15) is 0 Å². The molecule has 1 heterocycles. The molecule has 3 nitrogen and oxygen atoms in total. The first-order valence-electron chi connectivity index (χ1n) is 5.15. The van der Waals surface area contributed by atoms with Crippen molar-refractivity contribution in [2.75, 3.05) is 5.73 Å². The predicted octanol–water partition coefficient (Wildman–Crippen LogP) is 3.26. The molecule has 0 aliphatic heterocycles. The van der Waals surface area contributed by atoms with E-state index < -0.39 is 0 Å². The van der Waals surface area contributed by atoms with Gasteiger partial charge in [-0.15, -0.1) is 0 Å². The molecule has 0 radical (unpaired) electrons. The summed E-state index contributed by atoms with van der Waals surface area (Å²) >= 11 is 5.83. The Bertz CT molecular complexity index is 283. The standard InChI is InChI=1S/C10H18ClN3/c1-3-4-5-6-8(2)14-10(12)9(11)7-13-14/h7-8H,3-6,12H2,1-2H3. The van der Waals surface area contributed by atoms with Crippen molar-refractivity contribution >= 4 is 17.4 Å². The summed E-state index contributed by atoms with van der Waals surface area (Å²) in [4.78, 5) is 0. The minimum Gasteiger partial charge on any atom is -0.383 e. The Labute approximate surface area is 90.2 Å². The number of hydrogen-bond acceptors (Lipinski definition) is 2. The van der Waals surface area contributed by atoms with Gasteiger partial charge in [0.2, 0.25) is 0 Å². The van der Waals surface area contributed by atoms with Crippen molar-refractivity contribution in [1.82, 2.24) is 9.78 Å². The van der Waals surface area contributed by atoms with Crippen molar-refractivity contribution in [3.63, 3.8) is 0 Å². The SMILES string of the molecule is CCCCCC(C)n1ncc(Cl)c1N. The lowest BCUT2D eigenvalue weighted by atomic mass is 10.1. The van der Waals surface area contributed by atoms with Crippen molar-refractivity contribution in [1.29, 1.82) is 0 Å². The molecular weight excluding hydrogens is 198 g/mol. The number of anilines is 1.